The summed E-state index contributed by atoms with van der Waals surface area (Å²) in [6.07, 6.45) is -0.0143. The Kier molecular flexibility index (Phi) is 4.03. The smallest absolute Gasteiger partial charge is 0.252 e. The topological polar surface area (TPSA) is 40.4 Å². The van der Waals surface area contributed by atoms with Crippen LogP contribution in [0.1, 0.15) is 13.8 Å². The lowest BCUT2D eigenvalue weighted by Gasteiger charge is -2.01. The van der Waals surface area contributed by atoms with E-state index in [0.717, 1.165) is 0 Å². The van der Waals surface area contributed by atoms with Crippen molar-refractivity contribution < 1.29 is 8.39 Å². The molecule has 0 N–H and O–H groups in total. The Labute approximate surface area is 52.2 Å². The Morgan fingerprint density at radius 1 is 1.62 bits per heavy atom. The quantitative estimate of drug-likeness (QED) is 0.557. The predicted octanol–water partition coefficient (Wildman–Crippen LogP) is 0.224. The maximum absolute atomic E-state index is 10.3. The second-order valence-electron chi connectivity index (χ2n) is 1.54. The van der Waals surface area contributed by atoms with Crippen molar-refractivity contribution in [3.05, 3.63) is 0 Å². The van der Waals surface area contributed by atoms with Crippen LogP contribution in [0.5, 0.6) is 0 Å². The highest BCUT2D eigenvalue weighted by Crippen LogP contribution is 1.89. The van der Waals surface area contributed by atoms with Crippen LogP contribution in [0.3, 0.4) is 0 Å². The van der Waals surface area contributed by atoms with E-state index in [2.05, 4.69) is 4.72 Å². The maximum Gasteiger partial charge on any atom is 0.252 e. The minimum atomic E-state index is -1.43. The van der Waals surface area contributed by atoms with Gasteiger partial charge in [0.15, 0.2) is 0 Å². The van der Waals surface area contributed by atoms with Gasteiger partial charge in [0.2, 0.25) is 0 Å². The summed E-state index contributed by atoms with van der Waals surface area (Å²) < 4.78 is 18.4. The fraction of sp³-hybridized carbons (Fsp3) is 1.00. The van der Waals surface area contributed by atoms with Crippen molar-refractivity contribution in [1.82, 2.24) is 4.72 Å². The van der Waals surface area contributed by atoms with Gasteiger partial charge < -0.3 is 0 Å². The highest BCUT2D eigenvalue weighted by molar-refractivity contribution is 7.77. The van der Waals surface area contributed by atoms with Crippen molar-refractivity contribution in [2.75, 3.05) is 7.05 Å². The Hall–Kier alpha value is 0.0700. The van der Waals surface area contributed by atoms with Gasteiger partial charge in [-0.2, -0.15) is 0 Å². The molecule has 0 aromatic heterocycles. The number of hydrogen-bond acceptors (Lipinski definition) is 2. The summed E-state index contributed by atoms with van der Waals surface area (Å²) >= 11 is -1.43. The molecule has 0 saturated heterocycles. The molecule has 0 rings (SSSR count). The highest BCUT2D eigenvalue weighted by Gasteiger charge is 1.98. The van der Waals surface area contributed by atoms with Crippen LogP contribution in [0, 0.1) is 0 Å². The molecule has 0 aliphatic heterocycles. The van der Waals surface area contributed by atoms with E-state index in [1.54, 1.807) is 0 Å². The largest absolute Gasteiger partial charge is 0.274 e. The Morgan fingerprint density at radius 3 is 2.25 bits per heavy atom. The van der Waals surface area contributed by atoms with Crippen molar-refractivity contribution in [2.24, 2.45) is 0 Å². The first-order valence-corrected chi connectivity index (χ1v) is 3.39. The van der Waals surface area contributed by atoms with E-state index in [-0.39, 0.29) is 6.10 Å². The molecule has 4 heteroatoms. The van der Waals surface area contributed by atoms with Crippen LogP contribution < -0.4 is 4.72 Å². The van der Waals surface area contributed by atoms with Crippen molar-refractivity contribution >= 4 is 11.3 Å². The summed E-state index contributed by atoms with van der Waals surface area (Å²) in [5.41, 5.74) is 0. The van der Waals surface area contributed by atoms with Gasteiger partial charge in [0.25, 0.3) is 11.3 Å². The third kappa shape index (κ3) is 4.23. The molecule has 0 bridgehead atoms. The van der Waals surface area contributed by atoms with Crippen molar-refractivity contribution in [2.45, 2.75) is 20.0 Å². The summed E-state index contributed by atoms with van der Waals surface area (Å²) in [7, 11) is 1.46. The van der Waals surface area contributed by atoms with E-state index in [1.807, 2.05) is 13.8 Å². The molecule has 49 valence electrons. The molecule has 0 aliphatic rings. The lowest BCUT2D eigenvalue weighted by Crippen LogP contribution is -2.11. The lowest BCUT2D eigenvalue weighted by atomic mass is 10.5. The molecule has 0 aliphatic carbocycles. The Balaban J connectivity index is 3.25. The lowest BCUT2D eigenvalue weighted by molar-refractivity contribution is 0.266. The zero-order chi connectivity index (χ0) is 6.57. The predicted molar refractivity (Wildman–Crippen MR) is 32.4 cm³/mol. The second kappa shape index (κ2) is 4.00. The van der Waals surface area contributed by atoms with Crippen molar-refractivity contribution in [1.29, 1.82) is 0 Å². The van der Waals surface area contributed by atoms with E-state index in [9.17, 15) is 4.21 Å². The molecule has 0 aromatic carbocycles. The molecule has 0 amide bonds. The van der Waals surface area contributed by atoms with Crippen molar-refractivity contribution in [3.8, 4) is 0 Å². The van der Waals surface area contributed by atoms with Crippen LogP contribution >= 0.6 is 0 Å². The highest BCUT2D eigenvalue weighted by atomic mass is 32.2. The van der Waals surface area contributed by atoms with Gasteiger partial charge in [-0.1, -0.05) is 0 Å². The molecule has 0 heterocycles. The average Bonchev–Trinajstić information content (AvgIpc) is 1.65. The second-order valence-corrected chi connectivity index (χ2v) is 2.54. The molecule has 1 unspecified atom stereocenters. The van der Waals surface area contributed by atoms with Gasteiger partial charge >= 0.3 is 0 Å². The maximum atomic E-state index is 10.3. The average molecular weight is 136 g/mol. The standard InChI is InChI=1S/C4H10NO2S/c1-4(2)7-8(6)5-3/h4H,1-3H3. The summed E-state index contributed by atoms with van der Waals surface area (Å²) in [5, 5.41) is 0. The molecule has 0 aromatic rings. The van der Waals surface area contributed by atoms with Gasteiger partial charge in [-0.05, 0) is 13.8 Å². The summed E-state index contributed by atoms with van der Waals surface area (Å²) in [6.45, 7) is 3.62. The Morgan fingerprint density at radius 2 is 2.12 bits per heavy atom. The molecule has 1 atom stereocenters. The Bertz CT molecular complexity index is 84.1. The van der Waals surface area contributed by atoms with Gasteiger partial charge in [-0.15, -0.1) is 4.72 Å². The minimum Gasteiger partial charge on any atom is -0.274 e. The zero-order valence-corrected chi connectivity index (χ0v) is 6.07. The van der Waals surface area contributed by atoms with E-state index < -0.39 is 11.3 Å². The molecular formula is C4H10NO2S. The third-order valence-electron chi connectivity index (χ3n) is 0.424. The van der Waals surface area contributed by atoms with Gasteiger partial charge in [-0.3, -0.25) is 4.18 Å². The van der Waals surface area contributed by atoms with E-state index in [1.165, 1.54) is 7.05 Å². The van der Waals surface area contributed by atoms with Crippen LogP contribution in [0.15, 0.2) is 0 Å². The first-order chi connectivity index (χ1) is 3.66. The van der Waals surface area contributed by atoms with Crippen LogP contribution in [0.4, 0.5) is 0 Å². The molecule has 8 heavy (non-hydrogen) atoms. The molecule has 0 fully saturated rings. The van der Waals surface area contributed by atoms with E-state index in [4.69, 9.17) is 4.18 Å². The third-order valence-corrected chi connectivity index (χ3v) is 1.27. The van der Waals surface area contributed by atoms with Crippen LogP contribution in [-0.2, 0) is 15.4 Å². The summed E-state index contributed by atoms with van der Waals surface area (Å²) in [5.74, 6) is 0. The van der Waals surface area contributed by atoms with E-state index >= 15 is 0 Å². The fourth-order valence-corrected chi connectivity index (χ4v) is 0.623. The first-order valence-electron chi connectivity index (χ1n) is 2.35. The molecule has 0 spiro atoms. The SMILES string of the molecule is C[N]S(=O)OC(C)C. The number of rotatable bonds is 3. The zero-order valence-electron chi connectivity index (χ0n) is 5.25. The van der Waals surface area contributed by atoms with Gasteiger partial charge in [0.05, 0.1) is 6.10 Å². The molecular weight excluding hydrogens is 126 g/mol. The molecule has 0 saturated carbocycles. The monoisotopic (exact) mass is 136 g/mol. The summed E-state index contributed by atoms with van der Waals surface area (Å²) in [6, 6.07) is 0. The molecule has 1 radical (unpaired) electrons. The van der Waals surface area contributed by atoms with Crippen LogP contribution in [0.2, 0.25) is 0 Å². The van der Waals surface area contributed by atoms with Gasteiger partial charge in [0.1, 0.15) is 0 Å². The normalized spacial score (nSPS) is 14.5. The van der Waals surface area contributed by atoms with Gasteiger partial charge in [0, 0.05) is 7.05 Å². The van der Waals surface area contributed by atoms with Crippen LogP contribution in [0.25, 0.3) is 0 Å². The van der Waals surface area contributed by atoms with Crippen molar-refractivity contribution in [3.63, 3.8) is 0 Å². The minimum absolute atomic E-state index is 0.0143. The fourth-order valence-electron chi connectivity index (χ4n) is 0.208. The summed E-state index contributed by atoms with van der Waals surface area (Å²) in [4.78, 5) is 0. The van der Waals surface area contributed by atoms with Gasteiger partial charge in [-0.25, -0.2) is 4.21 Å². The number of nitrogens with zero attached hydrogens (tertiary/aromatic N) is 1. The van der Waals surface area contributed by atoms with E-state index in [0.29, 0.717) is 0 Å². The van der Waals surface area contributed by atoms with Crippen LogP contribution in [-0.4, -0.2) is 17.4 Å². The first kappa shape index (κ1) is 8.07. The number of hydrogen-bond donors (Lipinski definition) is 0. The molecule has 3 nitrogen and oxygen atoms in total.